The Bertz CT molecular complexity index is 1020. The lowest BCUT2D eigenvalue weighted by Crippen LogP contribution is -2.41. The molecule has 2 aromatic carbocycles. The van der Waals surface area contributed by atoms with Gasteiger partial charge in [0, 0.05) is 31.2 Å². The molecule has 6 nitrogen and oxygen atoms in total. The summed E-state index contributed by atoms with van der Waals surface area (Å²) in [5.74, 6) is -1.04. The van der Waals surface area contributed by atoms with E-state index in [0.29, 0.717) is 12.8 Å². The molecule has 0 aromatic heterocycles. The Balaban J connectivity index is 1.55. The van der Waals surface area contributed by atoms with Gasteiger partial charge in [-0.1, -0.05) is 23.7 Å². The summed E-state index contributed by atoms with van der Waals surface area (Å²) in [4.78, 5) is 14.7. The Morgan fingerprint density at radius 2 is 1.81 bits per heavy atom. The molecule has 1 heterocycles. The number of piperidine rings is 1. The second kappa shape index (κ2) is 10.1. The second-order valence-electron chi connectivity index (χ2n) is 7.99. The van der Waals surface area contributed by atoms with Crippen molar-refractivity contribution in [3.05, 3.63) is 58.9 Å². The van der Waals surface area contributed by atoms with Crippen molar-refractivity contribution in [2.75, 3.05) is 39.0 Å². The summed E-state index contributed by atoms with van der Waals surface area (Å²) < 4.78 is 40.2. The summed E-state index contributed by atoms with van der Waals surface area (Å²) in [5, 5.41) is 2.69. The van der Waals surface area contributed by atoms with Gasteiger partial charge in [0.2, 0.25) is 15.9 Å². The van der Waals surface area contributed by atoms with Crippen LogP contribution in [0.25, 0.3) is 0 Å². The first-order valence-corrected chi connectivity index (χ1v) is 12.0. The highest BCUT2D eigenvalue weighted by Crippen LogP contribution is 2.27. The van der Waals surface area contributed by atoms with E-state index in [1.807, 2.05) is 38.4 Å². The van der Waals surface area contributed by atoms with E-state index >= 15 is 0 Å². The summed E-state index contributed by atoms with van der Waals surface area (Å²) in [6, 6.07) is 11.2. The monoisotopic (exact) mass is 467 g/mol. The molecule has 0 aliphatic carbocycles. The number of rotatable bonds is 7. The van der Waals surface area contributed by atoms with Gasteiger partial charge in [-0.3, -0.25) is 4.79 Å². The van der Waals surface area contributed by atoms with Crippen molar-refractivity contribution < 1.29 is 17.6 Å². The molecular weight excluding hydrogens is 441 g/mol. The van der Waals surface area contributed by atoms with Crippen molar-refractivity contribution in [1.29, 1.82) is 0 Å². The maximum atomic E-state index is 13.4. The maximum absolute atomic E-state index is 13.4. The van der Waals surface area contributed by atoms with Gasteiger partial charge in [0.1, 0.15) is 5.82 Å². The fourth-order valence-electron chi connectivity index (χ4n) is 3.50. The number of halogens is 2. The van der Waals surface area contributed by atoms with Gasteiger partial charge in [-0.15, -0.1) is 0 Å². The van der Waals surface area contributed by atoms with Crippen LogP contribution in [0.15, 0.2) is 47.4 Å². The Kier molecular flexibility index (Phi) is 7.69. The van der Waals surface area contributed by atoms with Crippen LogP contribution >= 0.6 is 11.6 Å². The van der Waals surface area contributed by atoms with Crippen LogP contribution in [0.3, 0.4) is 0 Å². The van der Waals surface area contributed by atoms with Gasteiger partial charge in [-0.25, -0.2) is 12.8 Å². The molecule has 0 radical (unpaired) electrons. The van der Waals surface area contributed by atoms with Crippen LogP contribution in [0, 0.1) is 11.7 Å². The zero-order valence-electron chi connectivity index (χ0n) is 17.6. The second-order valence-corrected chi connectivity index (χ2v) is 10.3. The van der Waals surface area contributed by atoms with E-state index in [1.54, 1.807) is 0 Å². The number of sulfonamides is 1. The Labute approximate surface area is 188 Å². The van der Waals surface area contributed by atoms with Crippen LogP contribution in [-0.2, 0) is 21.2 Å². The van der Waals surface area contributed by atoms with E-state index < -0.39 is 15.8 Å². The third-order valence-electron chi connectivity index (χ3n) is 5.42. The van der Waals surface area contributed by atoms with Crippen LogP contribution in [0.5, 0.6) is 0 Å². The molecule has 168 valence electrons. The van der Waals surface area contributed by atoms with Gasteiger partial charge in [0.05, 0.1) is 9.92 Å². The third kappa shape index (κ3) is 6.04. The summed E-state index contributed by atoms with van der Waals surface area (Å²) >= 11 is 5.73. The molecule has 1 aliphatic heterocycles. The molecule has 1 amide bonds. The molecule has 0 saturated carbocycles. The first-order valence-electron chi connectivity index (χ1n) is 10.2. The van der Waals surface area contributed by atoms with Crippen molar-refractivity contribution in [2.24, 2.45) is 5.92 Å². The number of benzene rings is 2. The minimum absolute atomic E-state index is 0.0452. The topological polar surface area (TPSA) is 69.7 Å². The number of carbonyl (C=O) groups is 1. The van der Waals surface area contributed by atoms with Crippen LogP contribution in [0.1, 0.15) is 18.4 Å². The number of hydrogen-bond acceptors (Lipinski definition) is 4. The molecule has 31 heavy (non-hydrogen) atoms. The van der Waals surface area contributed by atoms with E-state index in [0.717, 1.165) is 30.8 Å². The van der Waals surface area contributed by atoms with E-state index in [4.69, 9.17) is 11.6 Å². The zero-order valence-corrected chi connectivity index (χ0v) is 19.2. The average molecular weight is 468 g/mol. The van der Waals surface area contributed by atoms with Crippen molar-refractivity contribution >= 4 is 33.2 Å². The van der Waals surface area contributed by atoms with E-state index in [2.05, 4.69) is 10.2 Å². The normalized spacial score (nSPS) is 15.9. The average Bonchev–Trinajstić information content (AvgIpc) is 2.75. The lowest BCUT2D eigenvalue weighted by molar-refractivity contribution is -0.120. The molecule has 0 bridgehead atoms. The first-order chi connectivity index (χ1) is 14.7. The molecule has 1 aliphatic rings. The number of carbonyl (C=O) groups excluding carboxylic acids is 1. The first kappa shape index (κ1) is 23.7. The lowest BCUT2D eigenvalue weighted by Gasteiger charge is -2.30. The van der Waals surface area contributed by atoms with Gasteiger partial charge < -0.3 is 10.2 Å². The SMILES string of the molecule is CN(C)CCc1ccc(NC(=O)C2CCN(S(=O)(=O)c3ccc(F)c(Cl)c3)CC2)cc1. The highest BCUT2D eigenvalue weighted by molar-refractivity contribution is 7.89. The van der Waals surface area contributed by atoms with Crippen molar-refractivity contribution in [3.63, 3.8) is 0 Å². The fourth-order valence-corrected chi connectivity index (χ4v) is 5.24. The number of amides is 1. The standard InChI is InChI=1S/C22H27ClFN3O3S/c1-26(2)12-9-16-3-5-18(6-4-16)25-22(28)17-10-13-27(14-11-17)31(29,30)19-7-8-21(24)20(23)15-19/h3-8,15,17H,9-14H2,1-2H3,(H,25,28). The van der Waals surface area contributed by atoms with Crippen LogP contribution in [0.4, 0.5) is 10.1 Å². The number of hydrogen-bond donors (Lipinski definition) is 1. The number of anilines is 1. The Hall–Kier alpha value is -2.00. The smallest absolute Gasteiger partial charge is 0.243 e. The van der Waals surface area contributed by atoms with Crippen LogP contribution in [-0.4, -0.2) is 57.3 Å². The predicted octanol–water partition coefficient (Wildman–Crippen LogP) is 3.62. The molecule has 0 spiro atoms. The highest BCUT2D eigenvalue weighted by Gasteiger charge is 2.32. The molecule has 1 saturated heterocycles. The fraction of sp³-hybridized carbons (Fsp3) is 0.409. The van der Waals surface area contributed by atoms with E-state index in [-0.39, 0.29) is 34.8 Å². The van der Waals surface area contributed by atoms with Crippen LogP contribution < -0.4 is 5.32 Å². The lowest BCUT2D eigenvalue weighted by atomic mass is 9.97. The largest absolute Gasteiger partial charge is 0.326 e. The minimum atomic E-state index is -3.78. The summed E-state index contributed by atoms with van der Waals surface area (Å²) in [7, 11) is 0.277. The van der Waals surface area contributed by atoms with Crippen molar-refractivity contribution in [3.8, 4) is 0 Å². The Morgan fingerprint density at radius 3 is 2.39 bits per heavy atom. The van der Waals surface area contributed by atoms with Gasteiger partial charge in [-0.2, -0.15) is 4.31 Å². The Morgan fingerprint density at radius 1 is 1.16 bits per heavy atom. The molecule has 9 heteroatoms. The molecular formula is C22H27ClFN3O3S. The summed E-state index contributed by atoms with van der Waals surface area (Å²) in [6.45, 7) is 1.40. The molecule has 1 fully saturated rings. The van der Waals surface area contributed by atoms with E-state index in [9.17, 15) is 17.6 Å². The summed E-state index contributed by atoms with van der Waals surface area (Å²) in [6.07, 6.45) is 1.77. The van der Waals surface area contributed by atoms with E-state index in [1.165, 1.54) is 15.9 Å². The predicted molar refractivity (Wildman–Crippen MR) is 120 cm³/mol. The number of likely N-dealkylation sites (N-methyl/N-ethyl adjacent to an activating group) is 1. The number of nitrogens with zero attached hydrogens (tertiary/aromatic N) is 2. The molecule has 0 unspecified atom stereocenters. The zero-order chi connectivity index (χ0) is 22.6. The third-order valence-corrected chi connectivity index (χ3v) is 7.61. The molecule has 3 rings (SSSR count). The molecule has 2 aromatic rings. The van der Waals surface area contributed by atoms with Crippen molar-refractivity contribution in [1.82, 2.24) is 9.21 Å². The number of nitrogens with one attached hydrogen (secondary N) is 1. The van der Waals surface area contributed by atoms with Gasteiger partial charge in [0.15, 0.2) is 0 Å². The summed E-state index contributed by atoms with van der Waals surface area (Å²) in [5.41, 5.74) is 1.93. The maximum Gasteiger partial charge on any atom is 0.243 e. The highest BCUT2D eigenvalue weighted by atomic mass is 35.5. The quantitative estimate of drug-likeness (QED) is 0.675. The van der Waals surface area contributed by atoms with Crippen molar-refractivity contribution in [2.45, 2.75) is 24.2 Å². The van der Waals surface area contributed by atoms with Gasteiger partial charge in [0.25, 0.3) is 0 Å². The minimum Gasteiger partial charge on any atom is -0.326 e. The molecule has 0 atom stereocenters. The van der Waals surface area contributed by atoms with Crippen LogP contribution in [0.2, 0.25) is 5.02 Å². The van der Waals surface area contributed by atoms with Gasteiger partial charge >= 0.3 is 0 Å². The van der Waals surface area contributed by atoms with Gasteiger partial charge in [-0.05, 0) is 69.3 Å². The molecule has 1 N–H and O–H groups in total.